The molecule has 0 aliphatic carbocycles. The van der Waals surface area contributed by atoms with Gasteiger partial charge in [-0.1, -0.05) is 12.1 Å². The average Bonchev–Trinajstić information content (AvgIpc) is 2.66. The molecular formula is C23H31N3O2. The molecule has 5 nitrogen and oxygen atoms in total. The van der Waals surface area contributed by atoms with Gasteiger partial charge in [0.05, 0.1) is 12.6 Å². The molecule has 0 atom stereocenters. The summed E-state index contributed by atoms with van der Waals surface area (Å²) in [5.74, 6) is 0.841. The van der Waals surface area contributed by atoms with Crippen molar-refractivity contribution < 1.29 is 9.53 Å². The van der Waals surface area contributed by atoms with E-state index in [-0.39, 0.29) is 12.0 Å². The van der Waals surface area contributed by atoms with Crippen molar-refractivity contribution in [2.24, 2.45) is 0 Å². The van der Waals surface area contributed by atoms with Crippen LogP contribution in [0.5, 0.6) is 5.75 Å². The maximum atomic E-state index is 12.4. The third-order valence-corrected chi connectivity index (χ3v) is 5.17. The Morgan fingerprint density at radius 3 is 2.36 bits per heavy atom. The Morgan fingerprint density at radius 2 is 1.71 bits per heavy atom. The van der Waals surface area contributed by atoms with Crippen LogP contribution < -0.4 is 15.0 Å². The number of hydrogen-bond donors (Lipinski definition) is 1. The molecule has 1 amide bonds. The number of nitrogens with one attached hydrogen (secondary N) is 1. The lowest BCUT2D eigenvalue weighted by Gasteiger charge is -2.36. The molecule has 150 valence electrons. The van der Waals surface area contributed by atoms with E-state index in [2.05, 4.69) is 47.2 Å². The minimum Gasteiger partial charge on any atom is -0.491 e. The predicted octanol–water partition coefficient (Wildman–Crippen LogP) is 3.85. The number of benzene rings is 2. The van der Waals surface area contributed by atoms with Crippen molar-refractivity contribution in [1.29, 1.82) is 0 Å². The van der Waals surface area contributed by atoms with E-state index < -0.39 is 0 Å². The first kappa shape index (κ1) is 20.2. The molecule has 2 aromatic carbocycles. The highest BCUT2D eigenvalue weighted by atomic mass is 16.5. The first-order valence-electron chi connectivity index (χ1n) is 10.0. The largest absolute Gasteiger partial charge is 0.491 e. The lowest BCUT2D eigenvalue weighted by atomic mass is 10.1. The molecule has 28 heavy (non-hydrogen) atoms. The molecule has 1 fully saturated rings. The lowest BCUT2D eigenvalue weighted by Crippen LogP contribution is -2.48. The summed E-state index contributed by atoms with van der Waals surface area (Å²) in [4.78, 5) is 17.0. The molecule has 1 aliphatic rings. The summed E-state index contributed by atoms with van der Waals surface area (Å²) in [7, 11) is 0. The summed E-state index contributed by atoms with van der Waals surface area (Å²) < 4.78 is 5.63. The van der Waals surface area contributed by atoms with Crippen molar-refractivity contribution in [3.63, 3.8) is 0 Å². The smallest absolute Gasteiger partial charge is 0.238 e. The van der Waals surface area contributed by atoms with Crippen LogP contribution in [-0.2, 0) is 4.79 Å². The summed E-state index contributed by atoms with van der Waals surface area (Å²) in [6, 6.07) is 14.0. The van der Waals surface area contributed by atoms with Crippen LogP contribution in [0.25, 0.3) is 0 Å². The summed E-state index contributed by atoms with van der Waals surface area (Å²) in [6.45, 7) is 12.4. The van der Waals surface area contributed by atoms with Gasteiger partial charge in [-0.3, -0.25) is 9.69 Å². The van der Waals surface area contributed by atoms with Crippen molar-refractivity contribution in [3.8, 4) is 5.75 Å². The van der Waals surface area contributed by atoms with Crippen LogP contribution in [0, 0.1) is 13.8 Å². The number of nitrogens with zero attached hydrogens (tertiary/aromatic N) is 2. The number of aryl methyl sites for hydroxylation is 1. The van der Waals surface area contributed by atoms with Crippen LogP contribution in [-0.4, -0.2) is 49.6 Å². The number of ether oxygens (including phenoxy) is 1. The summed E-state index contributed by atoms with van der Waals surface area (Å²) in [6.07, 6.45) is 0.141. The highest BCUT2D eigenvalue weighted by Crippen LogP contribution is 2.24. The molecule has 3 rings (SSSR count). The van der Waals surface area contributed by atoms with Gasteiger partial charge in [-0.05, 0) is 69.2 Å². The van der Waals surface area contributed by atoms with E-state index >= 15 is 0 Å². The van der Waals surface area contributed by atoms with Crippen LogP contribution in [0.3, 0.4) is 0 Å². The van der Waals surface area contributed by atoms with Crippen LogP contribution in [0.15, 0.2) is 42.5 Å². The molecule has 0 saturated carbocycles. The van der Waals surface area contributed by atoms with E-state index in [0.29, 0.717) is 6.54 Å². The topological polar surface area (TPSA) is 44.8 Å². The van der Waals surface area contributed by atoms with Gasteiger partial charge in [-0.15, -0.1) is 0 Å². The Hall–Kier alpha value is -2.53. The van der Waals surface area contributed by atoms with Gasteiger partial charge in [0.15, 0.2) is 0 Å². The van der Waals surface area contributed by atoms with Crippen LogP contribution in [0.2, 0.25) is 0 Å². The summed E-state index contributed by atoms with van der Waals surface area (Å²) in [5, 5.41) is 2.98. The number of hydrogen-bond acceptors (Lipinski definition) is 4. The number of piperazine rings is 1. The standard InChI is InChI=1S/C23H31N3O2/c1-17(2)28-21-10-8-20(9-11-21)24-23(27)16-25-12-14-26(15-13-25)22-7-5-6-18(3)19(22)4/h5-11,17H,12-16H2,1-4H3,(H,24,27). The van der Waals surface area contributed by atoms with Crippen LogP contribution >= 0.6 is 0 Å². The molecule has 0 bridgehead atoms. The predicted molar refractivity (Wildman–Crippen MR) is 115 cm³/mol. The zero-order chi connectivity index (χ0) is 20.1. The fourth-order valence-corrected chi connectivity index (χ4v) is 3.52. The van der Waals surface area contributed by atoms with E-state index in [1.165, 1.54) is 16.8 Å². The maximum absolute atomic E-state index is 12.4. The normalized spacial score (nSPS) is 15.0. The molecule has 1 saturated heterocycles. The van der Waals surface area contributed by atoms with Crippen molar-refractivity contribution in [2.75, 3.05) is 42.9 Å². The zero-order valence-corrected chi connectivity index (χ0v) is 17.4. The van der Waals surface area contributed by atoms with E-state index in [1.54, 1.807) is 0 Å². The Balaban J connectivity index is 1.48. The number of carbonyl (C=O) groups is 1. The molecule has 0 radical (unpaired) electrons. The minimum atomic E-state index is 0.0257. The number of anilines is 2. The van der Waals surface area contributed by atoms with E-state index in [4.69, 9.17) is 4.74 Å². The molecule has 0 aromatic heterocycles. The Kier molecular flexibility index (Phi) is 6.57. The third kappa shape index (κ3) is 5.26. The quantitative estimate of drug-likeness (QED) is 0.825. The zero-order valence-electron chi connectivity index (χ0n) is 17.4. The number of amides is 1. The Morgan fingerprint density at radius 1 is 1.04 bits per heavy atom. The molecule has 1 aliphatic heterocycles. The van der Waals surface area contributed by atoms with Gasteiger partial charge < -0.3 is 15.0 Å². The number of rotatable bonds is 6. The maximum Gasteiger partial charge on any atom is 0.238 e. The SMILES string of the molecule is Cc1cccc(N2CCN(CC(=O)Nc3ccc(OC(C)C)cc3)CC2)c1C. The average molecular weight is 382 g/mol. The molecule has 5 heteroatoms. The van der Waals surface area contributed by atoms with Crippen molar-refractivity contribution in [1.82, 2.24) is 4.90 Å². The van der Waals surface area contributed by atoms with Gasteiger partial charge >= 0.3 is 0 Å². The fourth-order valence-electron chi connectivity index (χ4n) is 3.52. The first-order valence-corrected chi connectivity index (χ1v) is 10.0. The third-order valence-electron chi connectivity index (χ3n) is 5.17. The fraction of sp³-hybridized carbons (Fsp3) is 0.435. The highest BCUT2D eigenvalue weighted by Gasteiger charge is 2.20. The lowest BCUT2D eigenvalue weighted by molar-refractivity contribution is -0.117. The van der Waals surface area contributed by atoms with Crippen LogP contribution in [0.1, 0.15) is 25.0 Å². The molecule has 0 spiro atoms. The van der Waals surface area contributed by atoms with E-state index in [0.717, 1.165) is 37.6 Å². The second-order valence-electron chi connectivity index (χ2n) is 7.72. The highest BCUT2D eigenvalue weighted by molar-refractivity contribution is 5.92. The monoisotopic (exact) mass is 381 g/mol. The summed E-state index contributed by atoms with van der Waals surface area (Å²) in [5.41, 5.74) is 4.78. The Labute approximate surface area is 168 Å². The van der Waals surface area contributed by atoms with Gasteiger partial charge in [0.2, 0.25) is 5.91 Å². The van der Waals surface area contributed by atoms with Gasteiger partial charge in [-0.2, -0.15) is 0 Å². The molecule has 1 heterocycles. The minimum absolute atomic E-state index is 0.0257. The molecule has 1 N–H and O–H groups in total. The molecular weight excluding hydrogens is 350 g/mol. The van der Waals surface area contributed by atoms with Crippen molar-refractivity contribution in [2.45, 2.75) is 33.8 Å². The Bertz CT molecular complexity index is 794. The van der Waals surface area contributed by atoms with E-state index in [1.807, 2.05) is 38.1 Å². The van der Waals surface area contributed by atoms with Gasteiger partial charge in [-0.25, -0.2) is 0 Å². The van der Waals surface area contributed by atoms with Crippen molar-refractivity contribution in [3.05, 3.63) is 53.6 Å². The number of carbonyl (C=O) groups excluding carboxylic acids is 1. The van der Waals surface area contributed by atoms with Gasteiger partial charge in [0, 0.05) is 37.6 Å². The second kappa shape index (κ2) is 9.11. The molecule has 2 aromatic rings. The van der Waals surface area contributed by atoms with Gasteiger partial charge in [0.25, 0.3) is 0 Å². The van der Waals surface area contributed by atoms with E-state index in [9.17, 15) is 4.79 Å². The van der Waals surface area contributed by atoms with Crippen molar-refractivity contribution >= 4 is 17.3 Å². The molecule has 0 unspecified atom stereocenters. The second-order valence-corrected chi connectivity index (χ2v) is 7.72. The summed E-state index contributed by atoms with van der Waals surface area (Å²) >= 11 is 0. The van der Waals surface area contributed by atoms with Gasteiger partial charge in [0.1, 0.15) is 5.75 Å². The first-order chi connectivity index (χ1) is 13.4. The van der Waals surface area contributed by atoms with Crippen LogP contribution in [0.4, 0.5) is 11.4 Å².